The molecule has 0 bridgehead atoms. The molecule has 0 aliphatic carbocycles. The average molecular weight is 278 g/mol. The van der Waals surface area contributed by atoms with Crippen molar-refractivity contribution in [1.82, 2.24) is 9.78 Å². The first kappa shape index (κ1) is 17.3. The quantitative estimate of drug-likeness (QED) is 0.425. The van der Waals surface area contributed by atoms with E-state index in [9.17, 15) is 0 Å². The third-order valence-electron chi connectivity index (χ3n) is 4.14. The van der Waals surface area contributed by atoms with Crippen molar-refractivity contribution in [1.29, 1.82) is 0 Å². The molecule has 2 nitrogen and oxygen atoms in total. The van der Waals surface area contributed by atoms with Gasteiger partial charge in [0.25, 0.3) is 0 Å². The lowest BCUT2D eigenvalue weighted by molar-refractivity contribution is 0.367. The van der Waals surface area contributed by atoms with Gasteiger partial charge in [-0.05, 0) is 25.3 Å². The molecule has 0 fully saturated rings. The van der Waals surface area contributed by atoms with E-state index in [1.807, 2.05) is 6.20 Å². The van der Waals surface area contributed by atoms with Crippen LogP contribution in [0, 0.1) is 6.92 Å². The van der Waals surface area contributed by atoms with Gasteiger partial charge in [-0.15, -0.1) is 0 Å². The molecule has 1 rings (SSSR count). The molecule has 20 heavy (non-hydrogen) atoms. The van der Waals surface area contributed by atoms with Crippen LogP contribution in [-0.2, 0) is 0 Å². The first-order valence-electron chi connectivity index (χ1n) is 8.78. The van der Waals surface area contributed by atoms with Gasteiger partial charge in [0.15, 0.2) is 0 Å². The summed E-state index contributed by atoms with van der Waals surface area (Å²) in [6, 6.07) is 0.627. The molecule has 1 unspecified atom stereocenters. The number of hydrogen-bond donors (Lipinski definition) is 0. The highest BCUT2D eigenvalue weighted by Crippen LogP contribution is 2.23. The topological polar surface area (TPSA) is 17.8 Å². The van der Waals surface area contributed by atoms with E-state index in [1.165, 1.54) is 76.2 Å². The second kappa shape index (κ2) is 10.9. The van der Waals surface area contributed by atoms with Gasteiger partial charge in [0.05, 0.1) is 12.2 Å². The smallest absolute Gasteiger partial charge is 0.0519 e. The van der Waals surface area contributed by atoms with Gasteiger partial charge in [-0.25, -0.2) is 0 Å². The van der Waals surface area contributed by atoms with E-state index in [1.54, 1.807) is 0 Å². The number of rotatable bonds is 12. The van der Waals surface area contributed by atoms with E-state index in [2.05, 4.69) is 36.7 Å². The van der Waals surface area contributed by atoms with Crippen LogP contribution >= 0.6 is 0 Å². The number of aryl methyl sites for hydroxylation is 1. The number of aromatic nitrogens is 2. The molecule has 0 aliphatic rings. The molecule has 1 aromatic rings. The maximum Gasteiger partial charge on any atom is 0.0519 e. The summed E-state index contributed by atoms with van der Waals surface area (Å²) >= 11 is 0. The minimum Gasteiger partial charge on any atom is -0.269 e. The fraction of sp³-hybridized carbons (Fsp3) is 0.833. The van der Waals surface area contributed by atoms with E-state index in [0.29, 0.717) is 6.04 Å². The van der Waals surface area contributed by atoms with E-state index >= 15 is 0 Å². The molecular weight excluding hydrogens is 244 g/mol. The predicted octanol–water partition coefficient (Wildman–Crippen LogP) is 6.06. The van der Waals surface area contributed by atoms with Crippen LogP contribution in [0.3, 0.4) is 0 Å². The van der Waals surface area contributed by atoms with Crippen LogP contribution in [0.5, 0.6) is 0 Å². The highest BCUT2D eigenvalue weighted by Gasteiger charge is 2.11. The summed E-state index contributed by atoms with van der Waals surface area (Å²) in [7, 11) is 0. The molecule has 0 radical (unpaired) electrons. The van der Waals surface area contributed by atoms with Crippen LogP contribution < -0.4 is 0 Å². The Bertz CT molecular complexity index is 330. The Kier molecular flexibility index (Phi) is 9.44. The van der Waals surface area contributed by atoms with Crippen molar-refractivity contribution in [2.24, 2.45) is 0 Å². The SMILES string of the molecule is CCCCCCCC(CCCCCC)n1cc(C)cn1. The molecule has 1 atom stereocenters. The van der Waals surface area contributed by atoms with Crippen LogP contribution in [0.15, 0.2) is 12.4 Å². The van der Waals surface area contributed by atoms with Crippen molar-refractivity contribution in [3.05, 3.63) is 18.0 Å². The molecule has 0 aromatic carbocycles. The Morgan fingerprint density at radius 2 is 1.45 bits per heavy atom. The predicted molar refractivity (Wildman–Crippen MR) is 88.1 cm³/mol. The first-order valence-corrected chi connectivity index (χ1v) is 8.78. The Labute approximate surface area is 126 Å². The molecule has 116 valence electrons. The van der Waals surface area contributed by atoms with Crippen molar-refractivity contribution < 1.29 is 0 Å². The van der Waals surface area contributed by atoms with Crippen LogP contribution in [-0.4, -0.2) is 9.78 Å². The summed E-state index contributed by atoms with van der Waals surface area (Å²) in [5, 5.41) is 4.55. The minimum atomic E-state index is 0.627. The highest BCUT2D eigenvalue weighted by atomic mass is 15.3. The van der Waals surface area contributed by atoms with Gasteiger partial charge in [-0.2, -0.15) is 5.10 Å². The van der Waals surface area contributed by atoms with Crippen LogP contribution in [0.4, 0.5) is 0 Å². The van der Waals surface area contributed by atoms with Crippen LogP contribution in [0.25, 0.3) is 0 Å². The standard InChI is InChI=1S/C18H34N2/c1-4-6-8-10-12-14-18(13-11-9-7-5-2)20-16-17(3)15-19-20/h15-16,18H,4-14H2,1-3H3. The summed E-state index contributed by atoms with van der Waals surface area (Å²) in [5.41, 5.74) is 1.29. The van der Waals surface area contributed by atoms with E-state index < -0.39 is 0 Å². The molecule has 0 amide bonds. The third-order valence-corrected chi connectivity index (χ3v) is 4.14. The molecule has 2 heteroatoms. The third kappa shape index (κ3) is 7.12. The number of hydrogen-bond acceptors (Lipinski definition) is 1. The van der Waals surface area contributed by atoms with Gasteiger partial charge >= 0.3 is 0 Å². The Hall–Kier alpha value is -0.790. The second-order valence-corrected chi connectivity index (χ2v) is 6.20. The Morgan fingerprint density at radius 1 is 0.900 bits per heavy atom. The van der Waals surface area contributed by atoms with Crippen molar-refractivity contribution in [2.45, 2.75) is 97.4 Å². The lowest BCUT2D eigenvalue weighted by Crippen LogP contribution is -2.10. The average Bonchev–Trinajstić information content (AvgIpc) is 2.87. The normalized spacial score (nSPS) is 12.8. The molecule has 1 aromatic heterocycles. The summed E-state index contributed by atoms with van der Waals surface area (Å²) in [6.45, 7) is 6.70. The van der Waals surface area contributed by atoms with Gasteiger partial charge in [-0.1, -0.05) is 71.6 Å². The van der Waals surface area contributed by atoms with E-state index in [-0.39, 0.29) is 0 Å². The van der Waals surface area contributed by atoms with Gasteiger partial charge in [0, 0.05) is 6.20 Å². The van der Waals surface area contributed by atoms with Gasteiger partial charge in [-0.3, -0.25) is 4.68 Å². The minimum absolute atomic E-state index is 0.627. The monoisotopic (exact) mass is 278 g/mol. The van der Waals surface area contributed by atoms with Crippen molar-refractivity contribution in [2.75, 3.05) is 0 Å². The van der Waals surface area contributed by atoms with Gasteiger partial charge in [0.1, 0.15) is 0 Å². The molecule has 0 spiro atoms. The fourth-order valence-corrected chi connectivity index (χ4v) is 2.83. The first-order chi connectivity index (χ1) is 9.77. The van der Waals surface area contributed by atoms with Crippen LogP contribution in [0.1, 0.15) is 96.1 Å². The number of nitrogens with zero attached hydrogens (tertiary/aromatic N) is 2. The highest BCUT2D eigenvalue weighted by molar-refractivity contribution is 5.00. The zero-order valence-electron chi connectivity index (χ0n) is 13.9. The Balaban J connectivity index is 2.34. The van der Waals surface area contributed by atoms with Crippen LogP contribution in [0.2, 0.25) is 0 Å². The fourth-order valence-electron chi connectivity index (χ4n) is 2.83. The second-order valence-electron chi connectivity index (χ2n) is 6.20. The summed E-state index contributed by atoms with van der Waals surface area (Å²) in [6.07, 6.45) is 19.1. The van der Waals surface area contributed by atoms with E-state index in [0.717, 1.165) is 0 Å². The number of unbranched alkanes of at least 4 members (excludes halogenated alkanes) is 7. The molecular formula is C18H34N2. The summed E-state index contributed by atoms with van der Waals surface area (Å²) in [4.78, 5) is 0. The molecule has 0 saturated carbocycles. The maximum absolute atomic E-state index is 4.55. The van der Waals surface area contributed by atoms with Gasteiger partial charge < -0.3 is 0 Å². The zero-order chi connectivity index (χ0) is 14.6. The van der Waals surface area contributed by atoms with Gasteiger partial charge in [0.2, 0.25) is 0 Å². The molecule has 0 N–H and O–H groups in total. The van der Waals surface area contributed by atoms with Crippen molar-refractivity contribution in [3.63, 3.8) is 0 Å². The zero-order valence-corrected chi connectivity index (χ0v) is 13.9. The maximum atomic E-state index is 4.55. The summed E-state index contributed by atoms with van der Waals surface area (Å²) in [5.74, 6) is 0. The van der Waals surface area contributed by atoms with E-state index in [4.69, 9.17) is 0 Å². The van der Waals surface area contributed by atoms with Crippen molar-refractivity contribution >= 4 is 0 Å². The summed E-state index contributed by atoms with van der Waals surface area (Å²) < 4.78 is 2.22. The van der Waals surface area contributed by atoms with Crippen molar-refractivity contribution in [3.8, 4) is 0 Å². The Morgan fingerprint density at radius 3 is 1.95 bits per heavy atom. The lowest BCUT2D eigenvalue weighted by Gasteiger charge is -2.17. The lowest BCUT2D eigenvalue weighted by atomic mass is 10.0. The molecule has 0 saturated heterocycles. The largest absolute Gasteiger partial charge is 0.269 e. The molecule has 1 heterocycles. The molecule has 0 aliphatic heterocycles.